The third kappa shape index (κ3) is 3.70. The lowest BCUT2D eigenvalue weighted by Gasteiger charge is -2.22. The molecule has 0 aromatic heterocycles. The largest absolute Gasteiger partial charge is 0.389 e. The Morgan fingerprint density at radius 1 is 0.958 bits per heavy atom. The number of β-amino-alcohol motifs (C(OH)–C–C–N with tert-alkyl or cyclic N) is 1. The van der Waals surface area contributed by atoms with Crippen LogP contribution in [-0.4, -0.2) is 72.1 Å². The molecule has 1 atom stereocenters. The summed E-state index contributed by atoms with van der Waals surface area (Å²) in [6.07, 6.45) is 1.74. The molecule has 0 unspecified atom stereocenters. The molecule has 130 valence electrons. The number of carbonyl (C=O) groups excluding carboxylic acids is 2. The molecule has 3 rings (SSSR count). The van der Waals surface area contributed by atoms with Gasteiger partial charge in [0, 0.05) is 57.4 Å². The number of aliphatic hydroxyl groups is 1. The SMILES string of the molecule is CC(=O)N1CCN(C(=O)c2ccc(N3CCCC3)cc2)C[C@@H](O)C1. The van der Waals surface area contributed by atoms with E-state index >= 15 is 0 Å². The van der Waals surface area contributed by atoms with Gasteiger partial charge in [-0.2, -0.15) is 0 Å². The van der Waals surface area contributed by atoms with Crippen molar-refractivity contribution < 1.29 is 14.7 Å². The third-order valence-electron chi connectivity index (χ3n) is 4.82. The minimum Gasteiger partial charge on any atom is -0.389 e. The summed E-state index contributed by atoms with van der Waals surface area (Å²) in [7, 11) is 0. The summed E-state index contributed by atoms with van der Waals surface area (Å²) < 4.78 is 0. The van der Waals surface area contributed by atoms with Crippen LogP contribution in [0, 0.1) is 0 Å². The van der Waals surface area contributed by atoms with Gasteiger partial charge in [0.15, 0.2) is 0 Å². The standard InChI is InChI=1S/C18H25N3O3/c1-14(22)20-10-11-21(13-17(23)12-20)18(24)15-4-6-16(7-5-15)19-8-2-3-9-19/h4-7,17,23H,2-3,8-13H2,1H3/t17-/m0/s1. The highest BCUT2D eigenvalue weighted by atomic mass is 16.3. The Kier molecular flexibility index (Phi) is 5.04. The van der Waals surface area contributed by atoms with Gasteiger partial charge in [-0.05, 0) is 37.1 Å². The van der Waals surface area contributed by atoms with E-state index in [1.165, 1.54) is 19.8 Å². The highest BCUT2D eigenvalue weighted by Crippen LogP contribution is 2.21. The molecule has 0 spiro atoms. The van der Waals surface area contributed by atoms with Crippen molar-refractivity contribution >= 4 is 17.5 Å². The van der Waals surface area contributed by atoms with Crippen LogP contribution in [0.15, 0.2) is 24.3 Å². The molecule has 0 radical (unpaired) electrons. The highest BCUT2D eigenvalue weighted by Gasteiger charge is 2.26. The highest BCUT2D eigenvalue weighted by molar-refractivity contribution is 5.94. The summed E-state index contributed by atoms with van der Waals surface area (Å²) in [6, 6.07) is 7.70. The Morgan fingerprint density at radius 3 is 2.17 bits per heavy atom. The van der Waals surface area contributed by atoms with Crippen LogP contribution >= 0.6 is 0 Å². The summed E-state index contributed by atoms with van der Waals surface area (Å²) in [5, 5.41) is 10.1. The van der Waals surface area contributed by atoms with Crippen molar-refractivity contribution in [2.45, 2.75) is 25.9 Å². The Morgan fingerprint density at radius 2 is 1.54 bits per heavy atom. The Bertz CT molecular complexity index is 596. The fourth-order valence-corrected chi connectivity index (χ4v) is 3.43. The third-order valence-corrected chi connectivity index (χ3v) is 4.82. The van der Waals surface area contributed by atoms with Gasteiger partial charge in [0.1, 0.15) is 0 Å². The zero-order chi connectivity index (χ0) is 17.1. The molecular weight excluding hydrogens is 306 g/mol. The second-order valence-electron chi connectivity index (χ2n) is 6.61. The lowest BCUT2D eigenvalue weighted by Crippen LogP contribution is -2.37. The average molecular weight is 331 g/mol. The molecule has 2 amide bonds. The maximum absolute atomic E-state index is 12.7. The van der Waals surface area contributed by atoms with E-state index in [1.807, 2.05) is 24.3 Å². The molecule has 6 heteroatoms. The fourth-order valence-electron chi connectivity index (χ4n) is 3.43. The molecular formula is C18H25N3O3. The molecule has 6 nitrogen and oxygen atoms in total. The van der Waals surface area contributed by atoms with Gasteiger partial charge in [0.05, 0.1) is 6.10 Å². The maximum Gasteiger partial charge on any atom is 0.254 e. The topological polar surface area (TPSA) is 64.1 Å². The van der Waals surface area contributed by atoms with E-state index in [0.717, 1.165) is 18.8 Å². The van der Waals surface area contributed by atoms with Crippen molar-refractivity contribution in [2.75, 3.05) is 44.2 Å². The molecule has 0 aliphatic carbocycles. The summed E-state index contributed by atoms with van der Waals surface area (Å²) in [6.45, 7) is 5.09. The van der Waals surface area contributed by atoms with Gasteiger partial charge >= 0.3 is 0 Å². The lowest BCUT2D eigenvalue weighted by atomic mass is 10.1. The molecule has 2 aliphatic heterocycles. The summed E-state index contributed by atoms with van der Waals surface area (Å²) in [5.74, 6) is -0.161. The Labute approximate surface area is 142 Å². The Hall–Kier alpha value is -2.08. The van der Waals surface area contributed by atoms with Crippen molar-refractivity contribution in [3.8, 4) is 0 Å². The molecule has 1 aromatic rings. The first-order valence-corrected chi connectivity index (χ1v) is 8.62. The van der Waals surface area contributed by atoms with Crippen molar-refractivity contribution in [3.63, 3.8) is 0 Å². The minimum atomic E-state index is -0.704. The van der Waals surface area contributed by atoms with Crippen LogP contribution in [0.25, 0.3) is 0 Å². The van der Waals surface area contributed by atoms with Crippen LogP contribution in [0.3, 0.4) is 0 Å². The molecule has 2 fully saturated rings. The average Bonchev–Trinajstić information content (AvgIpc) is 3.03. The second-order valence-corrected chi connectivity index (χ2v) is 6.61. The number of aliphatic hydroxyl groups excluding tert-OH is 1. The van der Waals surface area contributed by atoms with Crippen LogP contribution in [0.4, 0.5) is 5.69 Å². The fraction of sp³-hybridized carbons (Fsp3) is 0.556. The molecule has 0 saturated carbocycles. The number of hydrogen-bond acceptors (Lipinski definition) is 4. The zero-order valence-corrected chi connectivity index (χ0v) is 14.1. The smallest absolute Gasteiger partial charge is 0.254 e. The number of carbonyl (C=O) groups is 2. The maximum atomic E-state index is 12.7. The lowest BCUT2D eigenvalue weighted by molar-refractivity contribution is -0.129. The van der Waals surface area contributed by atoms with Crippen molar-refractivity contribution in [1.29, 1.82) is 0 Å². The van der Waals surface area contributed by atoms with E-state index in [4.69, 9.17) is 0 Å². The summed E-state index contributed by atoms with van der Waals surface area (Å²) in [5.41, 5.74) is 1.78. The van der Waals surface area contributed by atoms with E-state index in [0.29, 0.717) is 18.7 Å². The Balaban J connectivity index is 1.67. The molecule has 1 N–H and O–H groups in total. The quantitative estimate of drug-likeness (QED) is 0.876. The zero-order valence-electron chi connectivity index (χ0n) is 14.1. The van der Waals surface area contributed by atoms with E-state index in [2.05, 4.69) is 4.90 Å². The van der Waals surface area contributed by atoms with Gasteiger partial charge in [0.25, 0.3) is 5.91 Å². The number of benzene rings is 1. The normalized spacial score (nSPS) is 21.8. The minimum absolute atomic E-state index is 0.0710. The number of rotatable bonds is 2. The molecule has 2 heterocycles. The van der Waals surface area contributed by atoms with Crippen LogP contribution in [0.5, 0.6) is 0 Å². The summed E-state index contributed by atoms with van der Waals surface area (Å²) >= 11 is 0. The van der Waals surface area contributed by atoms with Crippen LogP contribution in [0.1, 0.15) is 30.1 Å². The van der Waals surface area contributed by atoms with Gasteiger partial charge in [-0.3, -0.25) is 9.59 Å². The van der Waals surface area contributed by atoms with Crippen LogP contribution in [-0.2, 0) is 4.79 Å². The first-order chi connectivity index (χ1) is 11.5. The van der Waals surface area contributed by atoms with E-state index in [9.17, 15) is 14.7 Å². The summed E-state index contributed by atoms with van der Waals surface area (Å²) in [4.78, 5) is 29.8. The van der Waals surface area contributed by atoms with E-state index in [1.54, 1.807) is 9.80 Å². The number of amides is 2. The molecule has 0 bridgehead atoms. The van der Waals surface area contributed by atoms with E-state index < -0.39 is 6.10 Å². The molecule has 1 aromatic carbocycles. The van der Waals surface area contributed by atoms with Gasteiger partial charge < -0.3 is 19.8 Å². The number of anilines is 1. The van der Waals surface area contributed by atoms with Gasteiger partial charge in [-0.25, -0.2) is 0 Å². The monoisotopic (exact) mass is 331 g/mol. The van der Waals surface area contributed by atoms with Crippen LogP contribution < -0.4 is 4.90 Å². The molecule has 2 aliphatic rings. The predicted octanol–water partition coefficient (Wildman–Crippen LogP) is 0.952. The van der Waals surface area contributed by atoms with Gasteiger partial charge in [-0.15, -0.1) is 0 Å². The van der Waals surface area contributed by atoms with Crippen molar-refractivity contribution in [1.82, 2.24) is 9.80 Å². The first kappa shape index (κ1) is 16.8. The van der Waals surface area contributed by atoms with Crippen molar-refractivity contribution in [2.24, 2.45) is 0 Å². The second kappa shape index (κ2) is 7.21. The van der Waals surface area contributed by atoms with Crippen LogP contribution in [0.2, 0.25) is 0 Å². The number of nitrogens with zero attached hydrogens (tertiary/aromatic N) is 3. The van der Waals surface area contributed by atoms with Gasteiger partial charge in [0.2, 0.25) is 5.91 Å². The molecule has 24 heavy (non-hydrogen) atoms. The first-order valence-electron chi connectivity index (χ1n) is 8.62. The molecule has 2 saturated heterocycles. The van der Waals surface area contributed by atoms with Crippen molar-refractivity contribution in [3.05, 3.63) is 29.8 Å². The number of hydrogen-bond donors (Lipinski definition) is 1. The van der Waals surface area contributed by atoms with E-state index in [-0.39, 0.29) is 24.9 Å². The van der Waals surface area contributed by atoms with Gasteiger partial charge in [-0.1, -0.05) is 0 Å². The predicted molar refractivity (Wildman–Crippen MR) is 92.1 cm³/mol.